The van der Waals surface area contributed by atoms with Gasteiger partial charge in [0.25, 0.3) is 0 Å². The Hall–Kier alpha value is -8.73. The van der Waals surface area contributed by atoms with Crippen LogP contribution in [-0.4, -0.2) is 15.0 Å². The first-order valence-corrected chi connectivity index (χ1v) is 23.2. The van der Waals surface area contributed by atoms with Gasteiger partial charge in [0.2, 0.25) is 0 Å². The third-order valence-corrected chi connectivity index (χ3v) is 13.5. The molecule has 0 spiro atoms. The minimum atomic E-state index is -0.0690. The van der Waals surface area contributed by atoms with Crippen molar-refractivity contribution in [2.24, 2.45) is 0 Å². The number of fused-ring (bicyclic) bond motifs is 3. The number of hydrogen-bond donors (Lipinski definition) is 0. The largest absolute Gasteiger partial charge is 0.454 e. The van der Waals surface area contributed by atoms with Crippen LogP contribution in [0, 0.1) is 0 Å². The summed E-state index contributed by atoms with van der Waals surface area (Å²) in [5, 5.41) is 1.01. The SMILES string of the molecule is CC1(c2ccccc2)C=CC(c2ccccc2-c2cc(-c3ccccc3-c3ccc(-c4ccccc4)nc3)cc(-c3ccccc3-c3ccc(-c4cnc5c(c4)oc4ccccc45)nc3)c2)=CC1. The van der Waals surface area contributed by atoms with Gasteiger partial charge in [-0.1, -0.05) is 183 Å². The first-order chi connectivity index (χ1) is 33.5. The van der Waals surface area contributed by atoms with E-state index in [1.165, 1.54) is 22.3 Å². The summed E-state index contributed by atoms with van der Waals surface area (Å²) in [5.74, 6) is 0. The van der Waals surface area contributed by atoms with E-state index >= 15 is 0 Å². The molecule has 322 valence electrons. The van der Waals surface area contributed by atoms with Gasteiger partial charge in [0, 0.05) is 51.6 Å². The molecule has 4 heterocycles. The van der Waals surface area contributed by atoms with E-state index < -0.39 is 0 Å². The zero-order valence-electron chi connectivity index (χ0n) is 37.6. The number of para-hydroxylation sites is 1. The Balaban J connectivity index is 0.966. The van der Waals surface area contributed by atoms with Crippen LogP contribution in [0.15, 0.2) is 247 Å². The van der Waals surface area contributed by atoms with Gasteiger partial charge in [-0.25, -0.2) is 0 Å². The molecular formula is C64H45N3O. The summed E-state index contributed by atoms with van der Waals surface area (Å²) >= 11 is 0. The number of rotatable bonds is 9. The van der Waals surface area contributed by atoms with Crippen LogP contribution in [0.2, 0.25) is 0 Å². The van der Waals surface area contributed by atoms with Crippen LogP contribution in [0.3, 0.4) is 0 Å². The van der Waals surface area contributed by atoms with Gasteiger partial charge >= 0.3 is 0 Å². The molecule has 68 heavy (non-hydrogen) atoms. The summed E-state index contributed by atoms with van der Waals surface area (Å²) in [6.45, 7) is 2.33. The highest BCUT2D eigenvalue weighted by Gasteiger charge is 2.26. The van der Waals surface area contributed by atoms with Crippen molar-refractivity contribution >= 4 is 27.6 Å². The smallest absolute Gasteiger partial charge is 0.154 e. The minimum absolute atomic E-state index is 0.0690. The summed E-state index contributed by atoms with van der Waals surface area (Å²) in [5.41, 5.74) is 21.0. The summed E-state index contributed by atoms with van der Waals surface area (Å²) in [7, 11) is 0. The van der Waals surface area contributed by atoms with E-state index in [0.29, 0.717) is 0 Å². The van der Waals surface area contributed by atoms with Gasteiger partial charge in [0.05, 0.1) is 11.4 Å². The molecule has 1 atom stereocenters. The van der Waals surface area contributed by atoms with Crippen molar-refractivity contribution in [3.8, 4) is 78.1 Å². The first kappa shape index (κ1) is 40.8. The van der Waals surface area contributed by atoms with Crippen LogP contribution in [0.1, 0.15) is 24.5 Å². The van der Waals surface area contributed by atoms with Crippen molar-refractivity contribution in [2.75, 3.05) is 0 Å². The summed E-state index contributed by atoms with van der Waals surface area (Å²) in [6, 6.07) is 73.0. The predicted octanol–water partition coefficient (Wildman–Crippen LogP) is 16.7. The number of nitrogens with zero attached hydrogens (tertiary/aromatic N) is 3. The molecule has 0 aliphatic heterocycles. The van der Waals surface area contributed by atoms with E-state index in [9.17, 15) is 0 Å². The normalized spacial score (nSPS) is 14.6. The third-order valence-electron chi connectivity index (χ3n) is 13.5. The van der Waals surface area contributed by atoms with Gasteiger partial charge in [0.1, 0.15) is 11.1 Å². The lowest BCUT2D eigenvalue weighted by Gasteiger charge is -2.29. The Labute approximate surface area is 396 Å². The fourth-order valence-corrected chi connectivity index (χ4v) is 9.81. The zero-order chi connectivity index (χ0) is 45.4. The van der Waals surface area contributed by atoms with Gasteiger partial charge in [-0.3, -0.25) is 15.0 Å². The highest BCUT2D eigenvalue weighted by molar-refractivity contribution is 6.03. The number of allylic oxidation sites excluding steroid dienone is 4. The average molecular weight is 872 g/mol. The molecule has 4 heteroatoms. The van der Waals surface area contributed by atoms with E-state index in [1.807, 2.05) is 55.0 Å². The second-order valence-electron chi connectivity index (χ2n) is 17.8. The highest BCUT2D eigenvalue weighted by atomic mass is 16.3. The summed E-state index contributed by atoms with van der Waals surface area (Å²) in [6.07, 6.45) is 13.9. The molecule has 4 aromatic heterocycles. The molecule has 12 rings (SSSR count). The number of furan rings is 1. The molecule has 4 nitrogen and oxygen atoms in total. The zero-order valence-corrected chi connectivity index (χ0v) is 37.6. The van der Waals surface area contributed by atoms with Crippen LogP contribution in [-0.2, 0) is 5.41 Å². The van der Waals surface area contributed by atoms with Crippen LogP contribution in [0.4, 0.5) is 0 Å². The molecule has 0 amide bonds. The lowest BCUT2D eigenvalue weighted by molar-refractivity contribution is 0.601. The minimum Gasteiger partial charge on any atom is -0.454 e. The quantitative estimate of drug-likeness (QED) is 0.145. The summed E-state index contributed by atoms with van der Waals surface area (Å²) in [4.78, 5) is 14.8. The Morgan fingerprint density at radius 2 is 0.882 bits per heavy atom. The molecule has 0 saturated carbocycles. The second-order valence-corrected chi connectivity index (χ2v) is 17.8. The molecule has 0 saturated heterocycles. The maximum Gasteiger partial charge on any atom is 0.154 e. The molecule has 7 aromatic carbocycles. The molecule has 0 N–H and O–H groups in total. The molecule has 0 radical (unpaired) electrons. The highest BCUT2D eigenvalue weighted by Crippen LogP contribution is 2.43. The fraction of sp³-hybridized carbons (Fsp3) is 0.0469. The number of aromatic nitrogens is 3. The molecule has 0 bridgehead atoms. The molecule has 1 aliphatic rings. The predicted molar refractivity (Wildman–Crippen MR) is 281 cm³/mol. The van der Waals surface area contributed by atoms with Gasteiger partial charge < -0.3 is 4.42 Å². The van der Waals surface area contributed by atoms with Crippen molar-refractivity contribution in [1.29, 1.82) is 0 Å². The average Bonchev–Trinajstić information content (AvgIpc) is 3.80. The lowest BCUT2D eigenvalue weighted by Crippen LogP contribution is -2.20. The van der Waals surface area contributed by atoms with Crippen LogP contribution in [0.5, 0.6) is 0 Å². The number of pyridine rings is 3. The van der Waals surface area contributed by atoms with Gasteiger partial charge in [-0.2, -0.15) is 0 Å². The van der Waals surface area contributed by atoms with Crippen LogP contribution < -0.4 is 0 Å². The van der Waals surface area contributed by atoms with Crippen LogP contribution in [0.25, 0.3) is 106 Å². The van der Waals surface area contributed by atoms with E-state index in [2.05, 4.69) is 195 Å². The molecule has 1 unspecified atom stereocenters. The molecule has 1 aliphatic carbocycles. The number of hydrogen-bond acceptors (Lipinski definition) is 4. The summed E-state index contributed by atoms with van der Waals surface area (Å²) < 4.78 is 6.18. The Bertz CT molecular complexity index is 3700. The number of benzene rings is 7. The first-order valence-electron chi connectivity index (χ1n) is 23.2. The third kappa shape index (κ3) is 7.62. The Morgan fingerprint density at radius 3 is 1.44 bits per heavy atom. The molecule has 11 aromatic rings. The Morgan fingerprint density at radius 1 is 0.397 bits per heavy atom. The van der Waals surface area contributed by atoms with E-state index in [0.717, 1.165) is 101 Å². The molecular weight excluding hydrogens is 827 g/mol. The van der Waals surface area contributed by atoms with E-state index in [-0.39, 0.29) is 5.41 Å². The maximum absolute atomic E-state index is 6.18. The Kier molecular flexibility index (Phi) is 10.3. The van der Waals surface area contributed by atoms with Crippen molar-refractivity contribution in [3.63, 3.8) is 0 Å². The van der Waals surface area contributed by atoms with Gasteiger partial charge in [-0.05, 0) is 116 Å². The maximum atomic E-state index is 6.18. The fourth-order valence-electron chi connectivity index (χ4n) is 9.81. The van der Waals surface area contributed by atoms with Crippen LogP contribution >= 0.6 is 0 Å². The van der Waals surface area contributed by atoms with Crippen molar-refractivity contribution in [2.45, 2.75) is 18.8 Å². The van der Waals surface area contributed by atoms with E-state index in [1.54, 1.807) is 0 Å². The van der Waals surface area contributed by atoms with Crippen molar-refractivity contribution in [3.05, 3.63) is 254 Å². The topological polar surface area (TPSA) is 51.8 Å². The second kappa shape index (κ2) is 17.2. The monoisotopic (exact) mass is 871 g/mol. The van der Waals surface area contributed by atoms with Gasteiger partial charge in [0.15, 0.2) is 5.58 Å². The van der Waals surface area contributed by atoms with Crippen molar-refractivity contribution < 1.29 is 4.42 Å². The van der Waals surface area contributed by atoms with Gasteiger partial charge in [-0.15, -0.1) is 0 Å². The molecule has 0 fully saturated rings. The van der Waals surface area contributed by atoms with Crippen molar-refractivity contribution in [1.82, 2.24) is 15.0 Å². The van der Waals surface area contributed by atoms with E-state index in [4.69, 9.17) is 19.4 Å². The lowest BCUT2D eigenvalue weighted by atomic mass is 9.75. The standard InChI is InChI=1S/C64H45N3O/c1-64(51-18-6-3-7-19-51)34-32-43(33-35-64)52-20-8-11-23-55(52)47-36-48(56-24-12-9-21-53(56)45-28-30-59(65-40-45)44-16-4-2-5-17-44)38-49(37-47)57-25-13-10-22-54(57)46-29-31-60(66-41-46)50-39-62-63(67-42-50)58-26-14-15-27-61(58)68-62/h2-34,36-42H,35H2,1H3.